The molecule has 0 N–H and O–H groups in total. The van der Waals surface area contributed by atoms with Crippen LogP contribution in [0.3, 0.4) is 0 Å². The largest absolute Gasteiger partial charge is 0.437 e. The third-order valence-corrected chi connectivity index (χ3v) is 2.27. The van der Waals surface area contributed by atoms with Crippen LogP contribution in [0.2, 0.25) is 5.02 Å². The van der Waals surface area contributed by atoms with E-state index in [0.717, 1.165) is 0 Å². The molecule has 0 saturated heterocycles. The second kappa shape index (κ2) is 2.99. The lowest BCUT2D eigenvalue weighted by atomic mass is 10.2. The van der Waals surface area contributed by atoms with Gasteiger partial charge >= 0.3 is 5.88 Å². The fourth-order valence-corrected chi connectivity index (χ4v) is 1.53. The molecule has 0 aliphatic carbocycles. The summed E-state index contributed by atoms with van der Waals surface area (Å²) >= 11 is 5.77. The van der Waals surface area contributed by atoms with Gasteiger partial charge in [0, 0.05) is 10.4 Å². The summed E-state index contributed by atoms with van der Waals surface area (Å²) in [5.41, 5.74) is 0.992. The number of rotatable bonds is 1. The number of nitrogens with zero attached hydrogens (tertiary/aromatic N) is 1. The van der Waals surface area contributed by atoms with E-state index in [-0.39, 0.29) is 5.88 Å². The molecule has 0 bridgehead atoms. The first-order valence-electron chi connectivity index (χ1n) is 3.92. The van der Waals surface area contributed by atoms with Crippen LogP contribution in [0.4, 0.5) is 5.88 Å². The van der Waals surface area contributed by atoms with Gasteiger partial charge in [-0.15, -0.1) is 0 Å². The lowest BCUT2D eigenvalue weighted by Crippen LogP contribution is -1.86. The summed E-state index contributed by atoms with van der Waals surface area (Å²) in [5.74, 6) is -0.220. The average molecular weight is 212 g/mol. The zero-order valence-electron chi connectivity index (χ0n) is 7.28. The maximum Gasteiger partial charge on any atom is 0.437 e. The molecular formula is C9H6ClNO3. The first-order chi connectivity index (χ1) is 6.59. The van der Waals surface area contributed by atoms with Gasteiger partial charge in [0.1, 0.15) is 10.5 Å². The van der Waals surface area contributed by atoms with Gasteiger partial charge in [-0.1, -0.05) is 11.6 Å². The van der Waals surface area contributed by atoms with E-state index in [1.807, 2.05) is 0 Å². The lowest BCUT2D eigenvalue weighted by Gasteiger charge is -1.88. The highest BCUT2D eigenvalue weighted by Gasteiger charge is 2.19. The summed E-state index contributed by atoms with van der Waals surface area (Å²) in [5, 5.41) is 11.8. The zero-order valence-corrected chi connectivity index (χ0v) is 8.04. The summed E-state index contributed by atoms with van der Waals surface area (Å²) in [6.07, 6.45) is 0. The molecule has 1 heterocycles. The van der Waals surface area contributed by atoms with Crippen LogP contribution >= 0.6 is 11.6 Å². The predicted octanol–water partition coefficient (Wildman–Crippen LogP) is 3.30. The Labute approximate surface area is 84.2 Å². The molecule has 72 valence electrons. The van der Waals surface area contributed by atoms with Gasteiger partial charge in [-0.25, -0.2) is 0 Å². The van der Waals surface area contributed by atoms with E-state index in [1.54, 1.807) is 25.1 Å². The molecule has 5 heteroatoms. The number of halogens is 1. The Kier molecular flexibility index (Phi) is 1.93. The van der Waals surface area contributed by atoms with Gasteiger partial charge in [-0.05, 0) is 25.1 Å². The van der Waals surface area contributed by atoms with Crippen LogP contribution in [0.15, 0.2) is 22.6 Å². The highest BCUT2D eigenvalue weighted by Crippen LogP contribution is 2.32. The molecular weight excluding hydrogens is 206 g/mol. The van der Waals surface area contributed by atoms with Crippen molar-refractivity contribution in [1.82, 2.24) is 0 Å². The summed E-state index contributed by atoms with van der Waals surface area (Å²) in [7, 11) is 0. The number of benzene rings is 1. The van der Waals surface area contributed by atoms with E-state index in [0.29, 0.717) is 21.6 Å². The second-order valence-corrected chi connectivity index (χ2v) is 3.37. The first-order valence-corrected chi connectivity index (χ1v) is 4.30. The fourth-order valence-electron chi connectivity index (χ4n) is 1.35. The van der Waals surface area contributed by atoms with Crippen molar-refractivity contribution in [2.75, 3.05) is 0 Å². The molecule has 14 heavy (non-hydrogen) atoms. The van der Waals surface area contributed by atoms with Crippen LogP contribution in [0, 0.1) is 17.0 Å². The molecule has 0 fully saturated rings. The molecule has 2 aromatic rings. The molecule has 0 radical (unpaired) electrons. The maximum atomic E-state index is 10.6. The Bertz CT molecular complexity index is 518. The summed E-state index contributed by atoms with van der Waals surface area (Å²) in [6, 6.07) is 4.91. The zero-order chi connectivity index (χ0) is 10.3. The minimum atomic E-state index is -0.538. The molecule has 0 atom stereocenters. The van der Waals surface area contributed by atoms with Gasteiger partial charge in [0.2, 0.25) is 0 Å². The molecule has 0 saturated carbocycles. The number of furan rings is 1. The minimum Gasteiger partial charge on any atom is -0.400 e. The number of hydrogen-bond acceptors (Lipinski definition) is 3. The van der Waals surface area contributed by atoms with Gasteiger partial charge < -0.3 is 4.42 Å². The van der Waals surface area contributed by atoms with E-state index < -0.39 is 4.92 Å². The van der Waals surface area contributed by atoms with E-state index in [9.17, 15) is 10.1 Å². The molecule has 0 spiro atoms. The molecule has 0 aliphatic rings. The van der Waals surface area contributed by atoms with Crippen molar-refractivity contribution in [3.05, 3.63) is 38.9 Å². The number of nitro groups is 1. The van der Waals surface area contributed by atoms with Crippen molar-refractivity contribution in [2.45, 2.75) is 6.92 Å². The van der Waals surface area contributed by atoms with Crippen LogP contribution in [0.5, 0.6) is 0 Å². The number of aryl methyl sites for hydroxylation is 1. The second-order valence-electron chi connectivity index (χ2n) is 2.93. The minimum absolute atomic E-state index is 0.220. The highest BCUT2D eigenvalue weighted by atomic mass is 35.5. The van der Waals surface area contributed by atoms with Gasteiger partial charge in [0.25, 0.3) is 0 Å². The first kappa shape index (κ1) is 9.02. The van der Waals surface area contributed by atoms with Crippen LogP contribution in [-0.2, 0) is 0 Å². The number of hydrogen-bond donors (Lipinski definition) is 0. The monoisotopic (exact) mass is 211 g/mol. The van der Waals surface area contributed by atoms with Gasteiger partial charge in [0.15, 0.2) is 0 Å². The van der Waals surface area contributed by atoms with Crippen LogP contribution in [0.1, 0.15) is 5.56 Å². The summed E-state index contributed by atoms with van der Waals surface area (Å²) < 4.78 is 5.06. The quantitative estimate of drug-likeness (QED) is 0.537. The van der Waals surface area contributed by atoms with Crippen molar-refractivity contribution in [3.63, 3.8) is 0 Å². The Morgan fingerprint density at radius 3 is 2.86 bits per heavy atom. The van der Waals surface area contributed by atoms with Crippen molar-refractivity contribution in [2.24, 2.45) is 0 Å². The van der Waals surface area contributed by atoms with Crippen LogP contribution in [-0.4, -0.2) is 4.92 Å². The SMILES string of the molecule is Cc1c([N+](=O)[O-])oc2ccc(Cl)cc12. The molecule has 2 rings (SSSR count). The van der Waals surface area contributed by atoms with E-state index in [2.05, 4.69) is 0 Å². The lowest BCUT2D eigenvalue weighted by molar-refractivity contribution is -0.402. The van der Waals surface area contributed by atoms with Crippen molar-refractivity contribution < 1.29 is 9.34 Å². The topological polar surface area (TPSA) is 56.3 Å². The van der Waals surface area contributed by atoms with E-state index in [4.69, 9.17) is 16.0 Å². The third-order valence-electron chi connectivity index (χ3n) is 2.04. The van der Waals surface area contributed by atoms with Crippen molar-refractivity contribution in [1.29, 1.82) is 0 Å². The highest BCUT2D eigenvalue weighted by molar-refractivity contribution is 6.31. The molecule has 1 aromatic heterocycles. The summed E-state index contributed by atoms with van der Waals surface area (Å²) in [6.45, 7) is 1.64. The fraction of sp³-hybridized carbons (Fsp3) is 0.111. The summed E-state index contributed by atoms with van der Waals surface area (Å²) in [4.78, 5) is 10.0. The third kappa shape index (κ3) is 1.24. The Morgan fingerprint density at radius 2 is 2.21 bits per heavy atom. The molecule has 0 unspecified atom stereocenters. The maximum absolute atomic E-state index is 10.6. The van der Waals surface area contributed by atoms with Crippen molar-refractivity contribution >= 4 is 28.5 Å². The van der Waals surface area contributed by atoms with Gasteiger partial charge in [-0.3, -0.25) is 10.1 Å². The average Bonchev–Trinajstić information content (AvgIpc) is 2.44. The standard InChI is InChI=1S/C9H6ClNO3/c1-5-7-4-6(10)2-3-8(7)14-9(5)11(12)13/h2-4H,1H3. The smallest absolute Gasteiger partial charge is 0.400 e. The van der Waals surface area contributed by atoms with Crippen LogP contribution < -0.4 is 0 Å². The van der Waals surface area contributed by atoms with Crippen LogP contribution in [0.25, 0.3) is 11.0 Å². The van der Waals surface area contributed by atoms with Gasteiger partial charge in [-0.2, -0.15) is 0 Å². The normalized spacial score (nSPS) is 10.7. The Balaban J connectivity index is 2.80. The predicted molar refractivity (Wildman–Crippen MR) is 52.6 cm³/mol. The molecule has 0 aliphatic heterocycles. The van der Waals surface area contributed by atoms with Crippen molar-refractivity contribution in [3.8, 4) is 0 Å². The van der Waals surface area contributed by atoms with E-state index >= 15 is 0 Å². The molecule has 1 aromatic carbocycles. The van der Waals surface area contributed by atoms with E-state index in [1.165, 1.54) is 0 Å². The Hall–Kier alpha value is -1.55. The Morgan fingerprint density at radius 1 is 1.50 bits per heavy atom. The van der Waals surface area contributed by atoms with Gasteiger partial charge in [0.05, 0.1) is 5.56 Å². The number of fused-ring (bicyclic) bond motifs is 1. The molecule has 4 nitrogen and oxygen atoms in total. The molecule has 0 amide bonds.